The molecule has 0 bridgehead atoms. The third-order valence-electron chi connectivity index (χ3n) is 2.95. The van der Waals surface area contributed by atoms with Crippen molar-refractivity contribution in [3.05, 3.63) is 18.1 Å². The zero-order valence-corrected chi connectivity index (χ0v) is 9.06. The van der Waals surface area contributed by atoms with Crippen LogP contribution in [0.25, 0.3) is 0 Å². The van der Waals surface area contributed by atoms with E-state index in [2.05, 4.69) is 15.3 Å². The van der Waals surface area contributed by atoms with Crippen LogP contribution in [0, 0.1) is 11.3 Å². The van der Waals surface area contributed by atoms with Crippen molar-refractivity contribution in [3.8, 4) is 6.07 Å². The highest BCUT2D eigenvalue weighted by Crippen LogP contribution is 2.20. The van der Waals surface area contributed by atoms with Crippen molar-refractivity contribution in [3.63, 3.8) is 0 Å². The van der Waals surface area contributed by atoms with Crippen molar-refractivity contribution in [1.82, 2.24) is 9.97 Å². The zero-order chi connectivity index (χ0) is 11.4. The second-order valence-electron chi connectivity index (χ2n) is 4.06. The molecule has 1 aromatic heterocycles. The standard InChI is InChI=1S/C11H15N5/c12-7-10-11(15-6-5-14-10)16-9-4-2-1-3-8(9)13/h5-6,8-9H,1-4,13H2,(H,15,16)/t8-,9-/m1/s1. The highest BCUT2D eigenvalue weighted by Gasteiger charge is 2.22. The van der Waals surface area contributed by atoms with E-state index in [4.69, 9.17) is 11.0 Å². The van der Waals surface area contributed by atoms with Crippen molar-refractivity contribution in [2.75, 3.05) is 5.32 Å². The molecule has 0 aromatic carbocycles. The van der Waals surface area contributed by atoms with E-state index in [1.54, 1.807) is 6.20 Å². The monoisotopic (exact) mass is 217 g/mol. The van der Waals surface area contributed by atoms with Crippen LogP contribution in [-0.4, -0.2) is 22.1 Å². The molecule has 5 heteroatoms. The molecule has 2 rings (SSSR count). The summed E-state index contributed by atoms with van der Waals surface area (Å²) in [4.78, 5) is 8.09. The molecule has 0 aliphatic heterocycles. The number of aromatic nitrogens is 2. The number of nitrogens with zero attached hydrogens (tertiary/aromatic N) is 3. The molecular formula is C11H15N5. The molecule has 1 aromatic rings. The molecule has 0 spiro atoms. The smallest absolute Gasteiger partial charge is 0.182 e. The van der Waals surface area contributed by atoms with Gasteiger partial charge in [-0.1, -0.05) is 12.8 Å². The fourth-order valence-corrected chi connectivity index (χ4v) is 2.04. The van der Waals surface area contributed by atoms with Crippen LogP contribution in [0.15, 0.2) is 12.4 Å². The number of anilines is 1. The molecule has 0 radical (unpaired) electrons. The van der Waals surface area contributed by atoms with Crippen molar-refractivity contribution in [2.45, 2.75) is 37.8 Å². The lowest BCUT2D eigenvalue weighted by Gasteiger charge is -2.29. The Hall–Kier alpha value is -1.67. The van der Waals surface area contributed by atoms with Gasteiger partial charge >= 0.3 is 0 Å². The molecule has 16 heavy (non-hydrogen) atoms. The van der Waals surface area contributed by atoms with E-state index in [9.17, 15) is 0 Å². The van der Waals surface area contributed by atoms with E-state index in [0.717, 1.165) is 12.8 Å². The maximum atomic E-state index is 8.89. The molecule has 1 saturated carbocycles. The molecular weight excluding hydrogens is 202 g/mol. The number of hydrogen-bond acceptors (Lipinski definition) is 5. The molecule has 1 fully saturated rings. The van der Waals surface area contributed by atoms with E-state index in [0.29, 0.717) is 11.5 Å². The quantitative estimate of drug-likeness (QED) is 0.772. The first-order valence-electron chi connectivity index (χ1n) is 5.54. The van der Waals surface area contributed by atoms with Gasteiger partial charge in [-0.15, -0.1) is 0 Å². The summed E-state index contributed by atoms with van der Waals surface area (Å²) in [6.07, 6.45) is 7.52. The Bertz CT molecular complexity index is 398. The van der Waals surface area contributed by atoms with Gasteiger partial charge in [-0.05, 0) is 12.8 Å². The van der Waals surface area contributed by atoms with Crippen molar-refractivity contribution in [1.29, 1.82) is 5.26 Å². The van der Waals surface area contributed by atoms with Crippen molar-refractivity contribution >= 4 is 5.82 Å². The van der Waals surface area contributed by atoms with Gasteiger partial charge in [0.05, 0.1) is 0 Å². The van der Waals surface area contributed by atoms with Gasteiger partial charge in [0.15, 0.2) is 11.5 Å². The molecule has 0 saturated heterocycles. The van der Waals surface area contributed by atoms with Gasteiger partial charge in [-0.2, -0.15) is 5.26 Å². The Kier molecular flexibility index (Phi) is 3.32. The average molecular weight is 217 g/mol. The normalized spacial score (nSPS) is 24.8. The van der Waals surface area contributed by atoms with Gasteiger partial charge in [0.1, 0.15) is 6.07 Å². The van der Waals surface area contributed by atoms with Crippen LogP contribution in [0.3, 0.4) is 0 Å². The van der Waals surface area contributed by atoms with Crippen LogP contribution in [0.5, 0.6) is 0 Å². The summed E-state index contributed by atoms with van der Waals surface area (Å²) in [5.41, 5.74) is 6.36. The largest absolute Gasteiger partial charge is 0.363 e. The lowest BCUT2D eigenvalue weighted by molar-refractivity contribution is 0.403. The Balaban J connectivity index is 2.11. The maximum absolute atomic E-state index is 8.89. The first kappa shape index (κ1) is 10.8. The summed E-state index contributed by atoms with van der Waals surface area (Å²) in [7, 11) is 0. The number of hydrogen-bond donors (Lipinski definition) is 2. The van der Waals surface area contributed by atoms with Gasteiger partial charge in [-0.3, -0.25) is 0 Å². The molecule has 1 aliphatic carbocycles. The molecule has 84 valence electrons. The van der Waals surface area contributed by atoms with E-state index in [1.807, 2.05) is 6.07 Å². The highest BCUT2D eigenvalue weighted by atomic mass is 15.1. The van der Waals surface area contributed by atoms with E-state index in [1.165, 1.54) is 19.0 Å². The van der Waals surface area contributed by atoms with E-state index < -0.39 is 0 Å². The minimum atomic E-state index is 0.141. The minimum absolute atomic E-state index is 0.141. The lowest BCUT2D eigenvalue weighted by Crippen LogP contribution is -2.42. The summed E-state index contributed by atoms with van der Waals surface area (Å²) in [6, 6.07) is 2.37. The third kappa shape index (κ3) is 2.28. The van der Waals surface area contributed by atoms with Crippen molar-refractivity contribution < 1.29 is 0 Å². The van der Waals surface area contributed by atoms with Crippen LogP contribution in [0.1, 0.15) is 31.4 Å². The SMILES string of the molecule is N#Cc1nccnc1N[C@@H]1CCCC[C@H]1N. The summed E-state index contributed by atoms with van der Waals surface area (Å²) in [5.74, 6) is 0.548. The van der Waals surface area contributed by atoms with Crippen LogP contribution < -0.4 is 11.1 Å². The van der Waals surface area contributed by atoms with Crippen LogP contribution in [0.2, 0.25) is 0 Å². The Morgan fingerprint density at radius 3 is 2.81 bits per heavy atom. The number of nitrogens with one attached hydrogen (secondary N) is 1. The summed E-state index contributed by atoms with van der Waals surface area (Å²) < 4.78 is 0. The Labute approximate surface area is 94.7 Å². The van der Waals surface area contributed by atoms with Gasteiger partial charge < -0.3 is 11.1 Å². The molecule has 0 amide bonds. The Morgan fingerprint density at radius 1 is 1.31 bits per heavy atom. The fourth-order valence-electron chi connectivity index (χ4n) is 2.04. The molecule has 0 unspecified atom stereocenters. The molecule has 5 nitrogen and oxygen atoms in total. The first-order valence-corrected chi connectivity index (χ1v) is 5.54. The maximum Gasteiger partial charge on any atom is 0.182 e. The fraction of sp³-hybridized carbons (Fsp3) is 0.545. The third-order valence-corrected chi connectivity index (χ3v) is 2.95. The summed E-state index contributed by atoms with van der Waals surface area (Å²) in [5, 5.41) is 12.1. The molecule has 1 aliphatic rings. The second-order valence-corrected chi connectivity index (χ2v) is 4.06. The van der Waals surface area contributed by atoms with Gasteiger partial charge in [-0.25, -0.2) is 9.97 Å². The van der Waals surface area contributed by atoms with Gasteiger partial charge in [0.25, 0.3) is 0 Å². The zero-order valence-electron chi connectivity index (χ0n) is 9.06. The molecule has 3 N–H and O–H groups in total. The second kappa shape index (κ2) is 4.90. The van der Waals surface area contributed by atoms with E-state index in [-0.39, 0.29) is 12.1 Å². The lowest BCUT2D eigenvalue weighted by atomic mass is 9.91. The van der Waals surface area contributed by atoms with Gasteiger partial charge in [0, 0.05) is 24.5 Å². The summed E-state index contributed by atoms with van der Waals surface area (Å²) in [6.45, 7) is 0. The predicted molar refractivity (Wildman–Crippen MR) is 60.6 cm³/mol. The van der Waals surface area contributed by atoms with Gasteiger partial charge in [0.2, 0.25) is 0 Å². The topological polar surface area (TPSA) is 87.6 Å². The average Bonchev–Trinajstić information content (AvgIpc) is 2.33. The van der Waals surface area contributed by atoms with E-state index >= 15 is 0 Å². The molecule has 2 atom stereocenters. The number of nitrogens with two attached hydrogens (primary N) is 1. The highest BCUT2D eigenvalue weighted by molar-refractivity contribution is 5.47. The minimum Gasteiger partial charge on any atom is -0.363 e. The Morgan fingerprint density at radius 2 is 2.06 bits per heavy atom. The van der Waals surface area contributed by atoms with Crippen molar-refractivity contribution in [2.24, 2.45) is 5.73 Å². The first-order chi connectivity index (χ1) is 7.81. The van der Waals surface area contributed by atoms with Crippen LogP contribution >= 0.6 is 0 Å². The predicted octanol–water partition coefficient (Wildman–Crippen LogP) is 1.03. The molecule has 1 heterocycles. The van der Waals surface area contributed by atoms with Crippen LogP contribution in [0.4, 0.5) is 5.82 Å². The van der Waals surface area contributed by atoms with Crippen LogP contribution in [-0.2, 0) is 0 Å². The number of nitriles is 1. The number of rotatable bonds is 2. The summed E-state index contributed by atoms with van der Waals surface area (Å²) >= 11 is 0.